The molecule has 0 bridgehead atoms. The molecule has 1 N–H and O–H groups in total. The Hall–Kier alpha value is -0.710. The predicted octanol–water partition coefficient (Wildman–Crippen LogP) is 4.76. The summed E-state index contributed by atoms with van der Waals surface area (Å²) in [7, 11) is 0. The lowest BCUT2D eigenvalue weighted by atomic mass is 10.1. The molecule has 1 heterocycles. The molecule has 4 heteroatoms. The van der Waals surface area contributed by atoms with Crippen molar-refractivity contribution in [1.82, 2.24) is 5.32 Å². The second-order valence-electron chi connectivity index (χ2n) is 4.46. The second-order valence-corrected chi connectivity index (χ2v) is 6.24. The molecule has 0 unspecified atom stereocenters. The first-order valence-electron chi connectivity index (χ1n) is 6.24. The van der Waals surface area contributed by atoms with Crippen LogP contribution in [-0.4, -0.2) is 6.26 Å². The van der Waals surface area contributed by atoms with Crippen LogP contribution in [-0.2, 0) is 12.3 Å². The molecule has 1 atom stereocenters. The topological polar surface area (TPSA) is 25.2 Å². The van der Waals surface area contributed by atoms with E-state index in [1.54, 1.807) is 11.8 Å². The van der Waals surface area contributed by atoms with Crippen LogP contribution in [0, 0.1) is 0 Å². The summed E-state index contributed by atoms with van der Waals surface area (Å²) >= 11 is 5.27. The maximum atomic E-state index is 5.74. The molecule has 2 rings (SSSR count). The molecule has 102 valence electrons. The number of furan rings is 1. The number of thioether (sulfide) groups is 1. The van der Waals surface area contributed by atoms with Crippen molar-refractivity contribution in [3.05, 3.63) is 58.0 Å². The Bertz CT molecular complexity index is 526. The van der Waals surface area contributed by atoms with E-state index in [4.69, 9.17) is 4.42 Å². The van der Waals surface area contributed by atoms with E-state index < -0.39 is 0 Å². The molecule has 0 aliphatic rings. The van der Waals surface area contributed by atoms with Gasteiger partial charge in [-0.1, -0.05) is 28.1 Å². The van der Waals surface area contributed by atoms with Gasteiger partial charge in [0.25, 0.3) is 0 Å². The van der Waals surface area contributed by atoms with Crippen LogP contribution >= 0.6 is 27.7 Å². The summed E-state index contributed by atoms with van der Waals surface area (Å²) in [6, 6.07) is 12.8. The van der Waals surface area contributed by atoms with Gasteiger partial charge in [0, 0.05) is 10.5 Å². The minimum Gasteiger partial charge on any atom is -0.464 e. The first-order chi connectivity index (χ1) is 9.19. The quantitative estimate of drug-likeness (QED) is 0.821. The van der Waals surface area contributed by atoms with Crippen LogP contribution in [0.15, 0.2) is 45.3 Å². The molecule has 0 aliphatic carbocycles. The van der Waals surface area contributed by atoms with Crippen LogP contribution in [0.2, 0.25) is 0 Å². The van der Waals surface area contributed by atoms with Crippen molar-refractivity contribution in [2.24, 2.45) is 0 Å². The monoisotopic (exact) mass is 339 g/mol. The van der Waals surface area contributed by atoms with Crippen molar-refractivity contribution in [3.8, 4) is 0 Å². The van der Waals surface area contributed by atoms with Gasteiger partial charge in [-0.05, 0) is 43.0 Å². The Balaban J connectivity index is 1.90. The molecule has 1 aromatic heterocycles. The van der Waals surface area contributed by atoms with E-state index in [0.717, 1.165) is 28.3 Å². The van der Waals surface area contributed by atoms with Gasteiger partial charge in [-0.15, -0.1) is 0 Å². The molecule has 2 aromatic rings. The van der Waals surface area contributed by atoms with Crippen LogP contribution in [0.3, 0.4) is 0 Å². The summed E-state index contributed by atoms with van der Waals surface area (Å²) in [5.41, 5.74) is 1.27. The summed E-state index contributed by atoms with van der Waals surface area (Å²) in [4.78, 5) is 0. The molecule has 0 amide bonds. The summed E-state index contributed by atoms with van der Waals surface area (Å²) in [5.74, 6) is 2.96. The zero-order valence-electron chi connectivity index (χ0n) is 11.2. The van der Waals surface area contributed by atoms with Crippen LogP contribution in [0.4, 0.5) is 0 Å². The summed E-state index contributed by atoms with van der Waals surface area (Å²) < 4.78 is 6.85. The van der Waals surface area contributed by atoms with Gasteiger partial charge < -0.3 is 9.73 Å². The summed E-state index contributed by atoms with van der Waals surface area (Å²) in [6.07, 6.45) is 2.08. The Morgan fingerprint density at radius 2 is 2.05 bits per heavy atom. The smallest absolute Gasteiger partial charge is 0.118 e. The molecule has 19 heavy (non-hydrogen) atoms. The van der Waals surface area contributed by atoms with Crippen molar-refractivity contribution in [1.29, 1.82) is 0 Å². The first-order valence-corrected chi connectivity index (χ1v) is 8.43. The van der Waals surface area contributed by atoms with E-state index in [0.29, 0.717) is 6.04 Å². The van der Waals surface area contributed by atoms with Crippen molar-refractivity contribution < 1.29 is 4.42 Å². The highest BCUT2D eigenvalue weighted by molar-refractivity contribution is 9.10. The van der Waals surface area contributed by atoms with E-state index in [2.05, 4.69) is 58.7 Å². The fourth-order valence-electron chi connectivity index (χ4n) is 1.88. The summed E-state index contributed by atoms with van der Waals surface area (Å²) in [6.45, 7) is 2.91. The third kappa shape index (κ3) is 4.41. The van der Waals surface area contributed by atoms with Gasteiger partial charge in [-0.3, -0.25) is 0 Å². The number of rotatable bonds is 6. The Morgan fingerprint density at radius 1 is 1.26 bits per heavy atom. The molecule has 0 saturated heterocycles. The minimum atomic E-state index is 0.298. The SMILES string of the molecule is CSCc1ccc(CN[C@@H](C)c2cccc(Br)c2)o1. The highest BCUT2D eigenvalue weighted by Gasteiger charge is 2.07. The molecule has 0 saturated carbocycles. The van der Waals surface area contributed by atoms with Crippen molar-refractivity contribution in [2.75, 3.05) is 6.26 Å². The molecule has 1 aromatic carbocycles. The molecular formula is C15H18BrNOS. The van der Waals surface area contributed by atoms with Crippen LogP contribution in [0.1, 0.15) is 30.0 Å². The van der Waals surface area contributed by atoms with Gasteiger partial charge >= 0.3 is 0 Å². The molecule has 0 radical (unpaired) electrons. The molecular weight excluding hydrogens is 322 g/mol. The highest BCUT2D eigenvalue weighted by Crippen LogP contribution is 2.19. The van der Waals surface area contributed by atoms with E-state index in [9.17, 15) is 0 Å². The fourth-order valence-corrected chi connectivity index (χ4v) is 2.74. The lowest BCUT2D eigenvalue weighted by Gasteiger charge is -2.13. The maximum absolute atomic E-state index is 5.74. The average molecular weight is 340 g/mol. The third-order valence-electron chi connectivity index (χ3n) is 2.94. The lowest BCUT2D eigenvalue weighted by molar-refractivity contribution is 0.442. The molecule has 2 nitrogen and oxygen atoms in total. The second kappa shape index (κ2) is 7.17. The predicted molar refractivity (Wildman–Crippen MR) is 85.3 cm³/mol. The average Bonchev–Trinajstić information content (AvgIpc) is 2.84. The van der Waals surface area contributed by atoms with Crippen molar-refractivity contribution in [2.45, 2.75) is 25.3 Å². The van der Waals surface area contributed by atoms with Gasteiger partial charge in [0.05, 0.1) is 12.3 Å². The summed E-state index contributed by atoms with van der Waals surface area (Å²) in [5, 5.41) is 3.48. The van der Waals surface area contributed by atoms with Crippen LogP contribution in [0.5, 0.6) is 0 Å². The molecule has 0 spiro atoms. The largest absolute Gasteiger partial charge is 0.464 e. The molecule has 0 fully saturated rings. The Labute approximate surface area is 127 Å². The van der Waals surface area contributed by atoms with Gasteiger partial charge in [-0.2, -0.15) is 11.8 Å². The highest BCUT2D eigenvalue weighted by atomic mass is 79.9. The first kappa shape index (κ1) is 14.7. The van der Waals surface area contributed by atoms with E-state index in [-0.39, 0.29) is 0 Å². The van der Waals surface area contributed by atoms with E-state index in [1.165, 1.54) is 5.56 Å². The van der Waals surface area contributed by atoms with E-state index >= 15 is 0 Å². The Kier molecular flexibility index (Phi) is 5.55. The normalized spacial score (nSPS) is 12.6. The van der Waals surface area contributed by atoms with Crippen molar-refractivity contribution >= 4 is 27.7 Å². The van der Waals surface area contributed by atoms with Crippen molar-refractivity contribution in [3.63, 3.8) is 0 Å². The Morgan fingerprint density at radius 3 is 2.79 bits per heavy atom. The zero-order chi connectivity index (χ0) is 13.7. The zero-order valence-corrected chi connectivity index (χ0v) is 13.6. The number of nitrogens with one attached hydrogen (secondary N) is 1. The van der Waals surface area contributed by atoms with Gasteiger partial charge in [0.1, 0.15) is 11.5 Å². The van der Waals surface area contributed by atoms with Gasteiger partial charge in [0.15, 0.2) is 0 Å². The number of hydrogen-bond donors (Lipinski definition) is 1. The number of hydrogen-bond acceptors (Lipinski definition) is 3. The fraction of sp³-hybridized carbons (Fsp3) is 0.333. The number of halogens is 1. The van der Waals surface area contributed by atoms with Gasteiger partial charge in [-0.25, -0.2) is 0 Å². The minimum absolute atomic E-state index is 0.298. The van der Waals surface area contributed by atoms with E-state index in [1.807, 2.05) is 12.1 Å². The van der Waals surface area contributed by atoms with Gasteiger partial charge in [0.2, 0.25) is 0 Å². The third-order valence-corrected chi connectivity index (χ3v) is 4.00. The lowest BCUT2D eigenvalue weighted by Crippen LogP contribution is -2.17. The standard InChI is InChI=1S/C15H18BrNOS/c1-11(12-4-3-5-13(16)8-12)17-9-14-6-7-15(18-14)10-19-2/h3-8,11,17H,9-10H2,1-2H3/t11-/m0/s1. The molecule has 0 aliphatic heterocycles. The maximum Gasteiger partial charge on any atom is 0.118 e. The van der Waals surface area contributed by atoms with Crippen LogP contribution in [0.25, 0.3) is 0 Å². The number of benzene rings is 1. The van der Waals surface area contributed by atoms with Crippen LogP contribution < -0.4 is 5.32 Å².